The van der Waals surface area contributed by atoms with Gasteiger partial charge in [-0.3, -0.25) is 4.79 Å². The number of hydrogen-bond acceptors (Lipinski definition) is 7. The highest BCUT2D eigenvalue weighted by molar-refractivity contribution is 7.99. The zero-order valence-electron chi connectivity index (χ0n) is 13.8. The van der Waals surface area contributed by atoms with Gasteiger partial charge in [-0.1, -0.05) is 30.0 Å². The molecule has 1 aromatic carbocycles. The zero-order valence-corrected chi connectivity index (χ0v) is 14.6. The number of nitrogens with two attached hydrogens (primary N) is 1. The number of fused-ring (bicyclic) bond motifs is 1. The second-order valence-electron chi connectivity index (χ2n) is 5.74. The van der Waals surface area contributed by atoms with Crippen molar-refractivity contribution in [1.29, 1.82) is 0 Å². The molecular formula is C17H17N5O3S. The maximum absolute atomic E-state index is 12.4. The van der Waals surface area contributed by atoms with Gasteiger partial charge in [0.2, 0.25) is 16.9 Å². The number of benzene rings is 1. The lowest BCUT2D eigenvalue weighted by Gasteiger charge is -2.26. The van der Waals surface area contributed by atoms with Crippen molar-refractivity contribution in [2.45, 2.75) is 17.6 Å². The minimum atomic E-state index is -0.0979. The molecule has 1 aliphatic heterocycles. The van der Waals surface area contributed by atoms with Gasteiger partial charge in [0.1, 0.15) is 5.75 Å². The number of amides is 1. The number of ether oxygens (including phenoxy) is 1. The van der Waals surface area contributed by atoms with Gasteiger partial charge in [0, 0.05) is 12.0 Å². The molecule has 3 heterocycles. The molecule has 2 aromatic heterocycles. The van der Waals surface area contributed by atoms with Crippen molar-refractivity contribution in [3.05, 3.63) is 48.2 Å². The molecule has 1 aliphatic rings. The summed E-state index contributed by atoms with van der Waals surface area (Å²) in [4.78, 5) is 12.4. The van der Waals surface area contributed by atoms with Gasteiger partial charge in [0.05, 0.1) is 24.7 Å². The van der Waals surface area contributed by atoms with Crippen LogP contribution in [0.15, 0.2) is 52.2 Å². The number of carbonyl (C=O) groups excluding carboxylic acids is 1. The van der Waals surface area contributed by atoms with Crippen LogP contribution in [0.25, 0.3) is 11.6 Å². The fourth-order valence-electron chi connectivity index (χ4n) is 2.81. The highest BCUT2D eigenvalue weighted by Crippen LogP contribution is 2.31. The predicted molar refractivity (Wildman–Crippen MR) is 96.0 cm³/mol. The average molecular weight is 371 g/mol. The van der Waals surface area contributed by atoms with E-state index in [1.165, 1.54) is 22.7 Å². The molecule has 9 heteroatoms. The molecule has 1 atom stereocenters. The SMILES string of the molecule is Nn1c(SCC(=O)NC2CCOc3ccccc32)nnc1-c1ccco1. The van der Waals surface area contributed by atoms with Crippen LogP contribution in [0.1, 0.15) is 18.0 Å². The third kappa shape index (κ3) is 3.25. The first-order valence-electron chi connectivity index (χ1n) is 8.10. The van der Waals surface area contributed by atoms with E-state index < -0.39 is 0 Å². The molecule has 0 saturated heterocycles. The van der Waals surface area contributed by atoms with Crippen LogP contribution < -0.4 is 15.9 Å². The summed E-state index contributed by atoms with van der Waals surface area (Å²) in [5.74, 6) is 7.84. The third-order valence-corrected chi connectivity index (χ3v) is 4.98. The van der Waals surface area contributed by atoms with Crippen LogP contribution in [0.4, 0.5) is 0 Å². The number of rotatable bonds is 5. The molecule has 134 valence electrons. The first-order chi connectivity index (χ1) is 12.7. The molecule has 8 nitrogen and oxygen atoms in total. The van der Waals surface area contributed by atoms with Crippen molar-refractivity contribution in [1.82, 2.24) is 20.2 Å². The average Bonchev–Trinajstić information content (AvgIpc) is 3.30. The summed E-state index contributed by atoms with van der Waals surface area (Å²) in [5.41, 5.74) is 0.999. The molecule has 0 bridgehead atoms. The van der Waals surface area contributed by atoms with Crippen molar-refractivity contribution < 1.29 is 13.9 Å². The van der Waals surface area contributed by atoms with E-state index in [-0.39, 0.29) is 17.7 Å². The third-order valence-electron chi connectivity index (χ3n) is 4.03. The van der Waals surface area contributed by atoms with E-state index in [0.29, 0.717) is 23.3 Å². The van der Waals surface area contributed by atoms with Crippen molar-refractivity contribution in [3.63, 3.8) is 0 Å². The van der Waals surface area contributed by atoms with Gasteiger partial charge in [-0.25, -0.2) is 4.68 Å². The second kappa shape index (κ2) is 7.12. The van der Waals surface area contributed by atoms with Gasteiger partial charge < -0.3 is 20.3 Å². The van der Waals surface area contributed by atoms with Gasteiger partial charge in [0.15, 0.2) is 5.76 Å². The van der Waals surface area contributed by atoms with Crippen LogP contribution in [0.3, 0.4) is 0 Å². The monoisotopic (exact) mass is 371 g/mol. The highest BCUT2D eigenvalue weighted by atomic mass is 32.2. The Morgan fingerprint density at radius 2 is 2.19 bits per heavy atom. The molecule has 0 aliphatic carbocycles. The standard InChI is InChI=1S/C17H17N5O3S/c18-22-16(14-6-3-8-24-14)20-21-17(22)26-10-15(23)19-12-7-9-25-13-5-2-1-4-11(12)13/h1-6,8,12H,7,9-10,18H2,(H,19,23). The van der Waals surface area contributed by atoms with E-state index in [9.17, 15) is 4.79 Å². The van der Waals surface area contributed by atoms with Gasteiger partial charge >= 0.3 is 0 Å². The largest absolute Gasteiger partial charge is 0.493 e. The normalized spacial score (nSPS) is 15.9. The summed E-state index contributed by atoms with van der Waals surface area (Å²) in [5, 5.41) is 11.5. The molecule has 3 N–H and O–H groups in total. The highest BCUT2D eigenvalue weighted by Gasteiger charge is 2.23. The lowest BCUT2D eigenvalue weighted by Crippen LogP contribution is -2.33. The number of aromatic nitrogens is 3. The number of carbonyl (C=O) groups is 1. The van der Waals surface area contributed by atoms with Crippen molar-refractivity contribution in [2.75, 3.05) is 18.2 Å². The molecule has 0 saturated carbocycles. The molecular weight excluding hydrogens is 354 g/mol. The molecule has 1 unspecified atom stereocenters. The Bertz CT molecular complexity index is 909. The number of nitrogens with zero attached hydrogens (tertiary/aromatic N) is 3. The van der Waals surface area contributed by atoms with Crippen molar-refractivity contribution in [3.8, 4) is 17.3 Å². The van der Waals surface area contributed by atoms with Gasteiger partial charge in [-0.15, -0.1) is 10.2 Å². The molecule has 4 rings (SSSR count). The van der Waals surface area contributed by atoms with Crippen molar-refractivity contribution >= 4 is 17.7 Å². The Balaban J connectivity index is 1.38. The van der Waals surface area contributed by atoms with Crippen LogP contribution >= 0.6 is 11.8 Å². The van der Waals surface area contributed by atoms with E-state index in [4.69, 9.17) is 15.0 Å². The van der Waals surface area contributed by atoms with Crippen LogP contribution in [0.5, 0.6) is 5.75 Å². The molecule has 0 spiro atoms. The summed E-state index contributed by atoms with van der Waals surface area (Å²) in [6.07, 6.45) is 2.28. The van der Waals surface area contributed by atoms with Gasteiger partial charge in [-0.05, 0) is 18.2 Å². The number of thioether (sulfide) groups is 1. The summed E-state index contributed by atoms with van der Waals surface area (Å²) >= 11 is 1.22. The van der Waals surface area contributed by atoms with Gasteiger partial charge in [0.25, 0.3) is 0 Å². The maximum atomic E-state index is 12.4. The van der Waals surface area contributed by atoms with Gasteiger partial charge in [-0.2, -0.15) is 0 Å². The summed E-state index contributed by atoms with van der Waals surface area (Å²) in [7, 11) is 0. The Hall–Kier alpha value is -2.94. The molecule has 3 aromatic rings. The van der Waals surface area contributed by atoms with Crippen LogP contribution in [-0.4, -0.2) is 33.1 Å². The van der Waals surface area contributed by atoms with Crippen LogP contribution in [0.2, 0.25) is 0 Å². The molecule has 0 fully saturated rings. The molecule has 26 heavy (non-hydrogen) atoms. The molecule has 1 amide bonds. The number of furan rings is 1. The van der Waals surface area contributed by atoms with E-state index >= 15 is 0 Å². The Kier molecular flexibility index (Phi) is 4.53. The smallest absolute Gasteiger partial charge is 0.230 e. The summed E-state index contributed by atoms with van der Waals surface area (Å²) in [6.45, 7) is 0.582. The number of nitrogen functional groups attached to an aromatic ring is 1. The van der Waals surface area contributed by atoms with Crippen molar-refractivity contribution in [2.24, 2.45) is 0 Å². The van der Waals surface area contributed by atoms with Crippen LogP contribution in [-0.2, 0) is 4.79 Å². The minimum Gasteiger partial charge on any atom is -0.493 e. The Labute approximate surface area is 153 Å². The predicted octanol–water partition coefficient (Wildman–Crippen LogP) is 1.98. The molecule has 0 radical (unpaired) electrons. The number of hydrogen-bond donors (Lipinski definition) is 2. The first kappa shape index (κ1) is 16.5. The topological polar surface area (TPSA) is 108 Å². The fraction of sp³-hybridized carbons (Fsp3) is 0.235. The fourth-order valence-corrected chi connectivity index (χ4v) is 3.48. The minimum absolute atomic E-state index is 0.0533. The number of nitrogens with one attached hydrogen (secondary N) is 1. The van der Waals surface area contributed by atoms with E-state index in [1.807, 2.05) is 24.3 Å². The number of para-hydroxylation sites is 1. The summed E-state index contributed by atoms with van der Waals surface area (Å²) in [6, 6.07) is 11.2. The first-order valence-corrected chi connectivity index (χ1v) is 9.09. The van der Waals surface area contributed by atoms with Crippen LogP contribution in [0, 0.1) is 0 Å². The quantitative estimate of drug-likeness (QED) is 0.521. The Morgan fingerprint density at radius 1 is 1.31 bits per heavy atom. The van der Waals surface area contributed by atoms with E-state index in [2.05, 4.69) is 15.5 Å². The lowest BCUT2D eigenvalue weighted by atomic mass is 10.0. The lowest BCUT2D eigenvalue weighted by molar-refractivity contribution is -0.119. The second-order valence-corrected chi connectivity index (χ2v) is 6.68. The zero-order chi connectivity index (χ0) is 17.9. The van der Waals surface area contributed by atoms with E-state index in [0.717, 1.165) is 17.7 Å². The summed E-state index contributed by atoms with van der Waals surface area (Å²) < 4.78 is 12.2. The maximum Gasteiger partial charge on any atom is 0.230 e. The Morgan fingerprint density at radius 3 is 3.04 bits per heavy atom. The van der Waals surface area contributed by atoms with E-state index in [1.54, 1.807) is 12.1 Å².